The molecule has 0 radical (unpaired) electrons. The molecule has 0 aliphatic heterocycles. The van der Waals surface area contributed by atoms with Crippen molar-refractivity contribution in [3.8, 4) is 0 Å². The van der Waals surface area contributed by atoms with Gasteiger partial charge in [0, 0.05) is 29.7 Å². The summed E-state index contributed by atoms with van der Waals surface area (Å²) in [6, 6.07) is 3.30. The molecule has 0 aliphatic rings. The lowest BCUT2D eigenvalue weighted by atomic mass is 9.97. The molecule has 1 aromatic heterocycles. The van der Waals surface area contributed by atoms with Crippen LogP contribution in [0.3, 0.4) is 0 Å². The van der Waals surface area contributed by atoms with E-state index in [1.165, 1.54) is 0 Å². The van der Waals surface area contributed by atoms with Crippen LogP contribution in [-0.2, 0) is 6.54 Å². The van der Waals surface area contributed by atoms with Crippen LogP contribution in [0.15, 0.2) is 22.8 Å². The van der Waals surface area contributed by atoms with Crippen LogP contribution in [0, 0.1) is 11.2 Å². The number of rotatable bonds is 2. The minimum atomic E-state index is -0.247. The number of nitrogens with zero attached hydrogens (tertiary/aromatic N) is 1. The highest BCUT2D eigenvalue weighted by atomic mass is 79.9. The second-order valence-electron chi connectivity index (χ2n) is 6.35. The van der Waals surface area contributed by atoms with Gasteiger partial charge in [0.1, 0.15) is 5.82 Å². The van der Waals surface area contributed by atoms with Crippen LogP contribution in [0.2, 0.25) is 0 Å². The molecular formula is C15H20BrFN2. The van der Waals surface area contributed by atoms with Crippen molar-refractivity contribution in [2.45, 2.75) is 40.3 Å². The summed E-state index contributed by atoms with van der Waals surface area (Å²) in [7, 11) is 0. The van der Waals surface area contributed by atoms with Gasteiger partial charge in [-0.15, -0.1) is 0 Å². The van der Waals surface area contributed by atoms with E-state index in [9.17, 15) is 4.39 Å². The lowest BCUT2D eigenvalue weighted by molar-refractivity contribution is 0.349. The molecule has 0 unspecified atom stereocenters. The predicted molar refractivity (Wildman–Crippen MR) is 81.7 cm³/mol. The molecule has 0 fully saturated rings. The van der Waals surface area contributed by atoms with Crippen LogP contribution in [0.1, 0.15) is 39.3 Å². The molecule has 2 rings (SSSR count). The van der Waals surface area contributed by atoms with E-state index in [1.54, 1.807) is 6.07 Å². The quantitative estimate of drug-likeness (QED) is 0.858. The zero-order valence-electron chi connectivity index (χ0n) is 11.8. The molecule has 0 amide bonds. The van der Waals surface area contributed by atoms with E-state index in [-0.39, 0.29) is 17.3 Å². The number of nitrogens with two attached hydrogens (primary N) is 1. The van der Waals surface area contributed by atoms with E-state index < -0.39 is 0 Å². The van der Waals surface area contributed by atoms with E-state index in [0.29, 0.717) is 4.47 Å². The first-order valence-corrected chi connectivity index (χ1v) is 7.22. The van der Waals surface area contributed by atoms with Gasteiger partial charge in [0.2, 0.25) is 0 Å². The lowest BCUT2D eigenvalue weighted by Gasteiger charge is -2.20. The van der Waals surface area contributed by atoms with Crippen molar-refractivity contribution in [1.29, 1.82) is 0 Å². The molecule has 1 atom stereocenters. The summed E-state index contributed by atoms with van der Waals surface area (Å²) < 4.78 is 16.4. The van der Waals surface area contributed by atoms with Crippen LogP contribution >= 0.6 is 15.9 Å². The Morgan fingerprint density at radius 1 is 1.37 bits per heavy atom. The fraction of sp³-hybridized carbons (Fsp3) is 0.467. The molecule has 0 saturated carbocycles. The highest BCUT2D eigenvalue weighted by Gasteiger charge is 2.18. The topological polar surface area (TPSA) is 30.9 Å². The van der Waals surface area contributed by atoms with Crippen molar-refractivity contribution in [2.24, 2.45) is 11.1 Å². The summed E-state index contributed by atoms with van der Waals surface area (Å²) in [4.78, 5) is 0. The second kappa shape index (κ2) is 4.91. The van der Waals surface area contributed by atoms with Gasteiger partial charge in [-0.3, -0.25) is 0 Å². The minimum absolute atomic E-state index is 0.107. The summed E-state index contributed by atoms with van der Waals surface area (Å²) in [6.07, 6.45) is 2.05. The van der Waals surface area contributed by atoms with Gasteiger partial charge in [-0.05, 0) is 46.0 Å². The maximum atomic E-state index is 13.7. The first kappa shape index (κ1) is 14.5. The highest BCUT2D eigenvalue weighted by Crippen LogP contribution is 2.32. The van der Waals surface area contributed by atoms with E-state index in [4.69, 9.17) is 5.73 Å². The third-order valence-corrected chi connectivity index (χ3v) is 3.70. The Kier molecular flexibility index (Phi) is 3.76. The first-order valence-electron chi connectivity index (χ1n) is 6.42. The van der Waals surface area contributed by atoms with E-state index >= 15 is 0 Å². The summed E-state index contributed by atoms with van der Waals surface area (Å²) in [6.45, 7) is 9.35. The Bertz CT molecular complexity index is 609. The molecule has 0 aliphatic carbocycles. The van der Waals surface area contributed by atoms with Crippen molar-refractivity contribution < 1.29 is 4.39 Å². The van der Waals surface area contributed by atoms with Gasteiger partial charge in [-0.25, -0.2) is 4.39 Å². The minimum Gasteiger partial charge on any atom is -0.347 e. The van der Waals surface area contributed by atoms with Crippen molar-refractivity contribution in [3.63, 3.8) is 0 Å². The van der Waals surface area contributed by atoms with Crippen LogP contribution in [0.4, 0.5) is 4.39 Å². The van der Waals surface area contributed by atoms with Crippen molar-refractivity contribution in [2.75, 3.05) is 0 Å². The monoisotopic (exact) mass is 326 g/mol. The highest BCUT2D eigenvalue weighted by molar-refractivity contribution is 9.10. The number of hydrogen-bond acceptors (Lipinski definition) is 1. The maximum absolute atomic E-state index is 13.7. The molecule has 0 spiro atoms. The molecule has 0 saturated heterocycles. The largest absolute Gasteiger partial charge is 0.347 e. The van der Waals surface area contributed by atoms with Gasteiger partial charge in [-0.2, -0.15) is 0 Å². The van der Waals surface area contributed by atoms with Crippen LogP contribution in [0.5, 0.6) is 0 Å². The molecule has 4 heteroatoms. The molecular weight excluding hydrogens is 307 g/mol. The lowest BCUT2D eigenvalue weighted by Crippen LogP contribution is -2.14. The first-order chi connectivity index (χ1) is 8.69. The number of fused-ring (bicyclic) bond motifs is 1. The standard InChI is InChI=1S/C15H20BrFN2/c1-9(18)11-7-19(8-15(2,3)4)14-6-12(16)13(17)5-10(11)14/h5-7,9H,8,18H2,1-4H3/t9-/m1/s1. The average Bonchev–Trinajstić information content (AvgIpc) is 2.56. The third-order valence-electron chi connectivity index (χ3n) is 3.09. The summed E-state index contributed by atoms with van der Waals surface area (Å²) in [5, 5.41) is 0.903. The molecule has 1 aromatic carbocycles. The Morgan fingerprint density at radius 3 is 2.53 bits per heavy atom. The second-order valence-corrected chi connectivity index (χ2v) is 7.20. The molecule has 2 nitrogen and oxygen atoms in total. The fourth-order valence-corrected chi connectivity index (χ4v) is 2.65. The van der Waals surface area contributed by atoms with Crippen LogP contribution < -0.4 is 5.73 Å². The Labute approximate surface area is 121 Å². The number of hydrogen-bond donors (Lipinski definition) is 1. The van der Waals surface area contributed by atoms with Crippen LogP contribution in [0.25, 0.3) is 10.9 Å². The van der Waals surface area contributed by atoms with E-state index in [1.807, 2.05) is 19.2 Å². The number of benzene rings is 1. The average molecular weight is 327 g/mol. The van der Waals surface area contributed by atoms with Gasteiger partial charge in [-0.1, -0.05) is 20.8 Å². The van der Waals surface area contributed by atoms with Gasteiger partial charge >= 0.3 is 0 Å². The molecule has 2 aromatic rings. The number of aromatic nitrogens is 1. The molecule has 0 bridgehead atoms. The normalized spacial score (nSPS) is 14.1. The fourth-order valence-electron chi connectivity index (χ4n) is 2.32. The molecule has 104 valence electrons. The van der Waals surface area contributed by atoms with Crippen LogP contribution in [-0.4, -0.2) is 4.57 Å². The van der Waals surface area contributed by atoms with E-state index in [2.05, 4.69) is 41.3 Å². The SMILES string of the molecule is C[C@@H](N)c1cn(CC(C)(C)C)c2cc(Br)c(F)cc12. The zero-order chi connectivity index (χ0) is 14.4. The van der Waals surface area contributed by atoms with Gasteiger partial charge in [0.15, 0.2) is 0 Å². The van der Waals surface area contributed by atoms with Gasteiger partial charge in [0.25, 0.3) is 0 Å². The zero-order valence-corrected chi connectivity index (χ0v) is 13.4. The molecule has 2 N–H and O–H groups in total. The Hall–Kier alpha value is -0.870. The molecule has 1 heterocycles. The summed E-state index contributed by atoms with van der Waals surface area (Å²) in [5.74, 6) is -0.247. The number of halogens is 2. The van der Waals surface area contributed by atoms with Crippen molar-refractivity contribution in [1.82, 2.24) is 4.57 Å². The predicted octanol–water partition coefficient (Wildman–Crippen LogP) is 4.61. The summed E-state index contributed by atoms with van der Waals surface area (Å²) >= 11 is 3.26. The smallest absolute Gasteiger partial charge is 0.138 e. The van der Waals surface area contributed by atoms with Crippen molar-refractivity contribution in [3.05, 3.63) is 34.2 Å². The van der Waals surface area contributed by atoms with E-state index in [0.717, 1.165) is 23.0 Å². The maximum Gasteiger partial charge on any atom is 0.138 e. The van der Waals surface area contributed by atoms with Gasteiger partial charge in [0.05, 0.1) is 4.47 Å². The Balaban J connectivity index is 2.68. The van der Waals surface area contributed by atoms with Gasteiger partial charge < -0.3 is 10.3 Å². The van der Waals surface area contributed by atoms with Crippen molar-refractivity contribution >= 4 is 26.8 Å². The Morgan fingerprint density at radius 2 is 2.00 bits per heavy atom. The summed E-state index contributed by atoms with van der Waals surface area (Å²) in [5.41, 5.74) is 8.17. The molecule has 19 heavy (non-hydrogen) atoms. The third kappa shape index (κ3) is 3.00.